The number of unbranched alkanes of at least 4 members (excludes halogenated alkanes) is 1. The van der Waals surface area contributed by atoms with E-state index >= 15 is 0 Å². The summed E-state index contributed by atoms with van der Waals surface area (Å²) in [6.45, 7) is 6.38. The lowest BCUT2D eigenvalue weighted by Crippen LogP contribution is -2.25. The van der Waals surface area contributed by atoms with Gasteiger partial charge in [0.2, 0.25) is 0 Å². The summed E-state index contributed by atoms with van der Waals surface area (Å²) in [5.74, 6) is -0.745. The molecule has 1 atom stereocenters. The van der Waals surface area contributed by atoms with Crippen molar-refractivity contribution in [1.29, 1.82) is 0 Å². The highest BCUT2D eigenvalue weighted by atomic mass is 16.4. The molecule has 0 aromatic rings. The Hall–Kier alpha value is -0.610. The molecule has 0 amide bonds. The summed E-state index contributed by atoms with van der Waals surface area (Å²) in [4.78, 5) is 9.37. The monoisotopic (exact) mass is 191 g/mol. The van der Waals surface area contributed by atoms with Gasteiger partial charge in [-0.15, -0.1) is 0 Å². The zero-order chi connectivity index (χ0) is 10.7. The molecule has 4 heteroatoms. The number of hydrogen-bond donors (Lipinski definition) is 3. The quantitative estimate of drug-likeness (QED) is 0.451. The van der Waals surface area contributed by atoms with Crippen molar-refractivity contribution in [2.75, 3.05) is 6.54 Å². The fraction of sp³-hybridized carbons (Fsp3) is 0.889. The molecule has 0 aromatic carbocycles. The second-order valence-corrected chi connectivity index (χ2v) is 2.73. The number of hydrogen-bond acceptors (Lipinski definition) is 3. The van der Waals surface area contributed by atoms with Gasteiger partial charge in [-0.25, -0.2) is 0 Å². The standard InChI is InChI=1S/C6H15NO.C3H6O2/c1-3-4-5-7-6(2)8;1-2-3(4)5/h6-8H,3-5H2,1-2H3;2H2,1H3,(H,4,5). The Morgan fingerprint density at radius 2 is 1.92 bits per heavy atom. The van der Waals surface area contributed by atoms with E-state index in [4.69, 9.17) is 10.2 Å². The topological polar surface area (TPSA) is 69.6 Å². The first kappa shape index (κ1) is 14.9. The molecule has 0 bridgehead atoms. The number of aliphatic hydroxyl groups is 1. The van der Waals surface area contributed by atoms with Crippen molar-refractivity contribution in [1.82, 2.24) is 5.32 Å². The molecule has 0 saturated heterocycles. The molecular formula is C9H21NO3. The summed E-state index contributed by atoms with van der Waals surface area (Å²) in [7, 11) is 0. The molecule has 0 heterocycles. The lowest BCUT2D eigenvalue weighted by atomic mass is 10.3. The first-order valence-corrected chi connectivity index (χ1v) is 4.67. The number of aliphatic carboxylic acids is 1. The van der Waals surface area contributed by atoms with Crippen LogP contribution in [0.2, 0.25) is 0 Å². The third-order valence-electron chi connectivity index (χ3n) is 1.27. The Kier molecular flexibility index (Phi) is 13.0. The van der Waals surface area contributed by atoms with E-state index < -0.39 is 5.97 Å². The smallest absolute Gasteiger partial charge is 0.303 e. The van der Waals surface area contributed by atoms with Crippen molar-refractivity contribution in [2.24, 2.45) is 0 Å². The van der Waals surface area contributed by atoms with Crippen LogP contribution in [-0.4, -0.2) is 29.0 Å². The number of nitrogens with one attached hydrogen (secondary N) is 1. The van der Waals surface area contributed by atoms with Crippen LogP contribution in [0, 0.1) is 0 Å². The number of carboxylic acids is 1. The van der Waals surface area contributed by atoms with E-state index in [1.807, 2.05) is 0 Å². The molecule has 3 N–H and O–H groups in total. The molecular weight excluding hydrogens is 170 g/mol. The average molecular weight is 191 g/mol. The highest BCUT2D eigenvalue weighted by Gasteiger charge is 1.89. The number of aliphatic hydroxyl groups excluding tert-OH is 1. The second-order valence-electron chi connectivity index (χ2n) is 2.73. The fourth-order valence-electron chi connectivity index (χ4n) is 0.488. The van der Waals surface area contributed by atoms with Gasteiger partial charge in [0.25, 0.3) is 0 Å². The molecule has 0 spiro atoms. The Morgan fingerprint density at radius 1 is 1.46 bits per heavy atom. The number of rotatable bonds is 5. The summed E-state index contributed by atoms with van der Waals surface area (Å²) in [6.07, 6.45) is 2.20. The molecule has 0 aliphatic carbocycles. The van der Waals surface area contributed by atoms with Gasteiger partial charge in [0.15, 0.2) is 0 Å². The summed E-state index contributed by atoms with van der Waals surface area (Å²) in [5.41, 5.74) is 0. The van der Waals surface area contributed by atoms with Gasteiger partial charge in [-0.1, -0.05) is 20.3 Å². The maximum absolute atomic E-state index is 9.37. The van der Waals surface area contributed by atoms with Crippen molar-refractivity contribution < 1.29 is 15.0 Å². The van der Waals surface area contributed by atoms with Gasteiger partial charge in [-0.2, -0.15) is 0 Å². The van der Waals surface area contributed by atoms with Crippen molar-refractivity contribution >= 4 is 5.97 Å². The Bertz CT molecular complexity index is 115. The molecule has 0 saturated carbocycles. The van der Waals surface area contributed by atoms with Crippen LogP contribution in [0.15, 0.2) is 0 Å². The predicted molar refractivity (Wildman–Crippen MR) is 52.5 cm³/mol. The predicted octanol–water partition coefficient (Wildman–Crippen LogP) is 1.20. The minimum atomic E-state index is -0.745. The first-order chi connectivity index (χ1) is 6.04. The number of carboxylic acid groups (broad SMARTS) is 1. The molecule has 0 radical (unpaired) electrons. The van der Waals surface area contributed by atoms with Crippen LogP contribution in [0.1, 0.15) is 40.0 Å². The molecule has 0 aromatic heterocycles. The zero-order valence-electron chi connectivity index (χ0n) is 8.71. The zero-order valence-corrected chi connectivity index (χ0v) is 8.71. The normalized spacial score (nSPS) is 11.4. The summed E-state index contributed by atoms with van der Waals surface area (Å²) in [6, 6.07) is 0. The van der Waals surface area contributed by atoms with E-state index in [0.717, 1.165) is 13.0 Å². The molecule has 80 valence electrons. The van der Waals surface area contributed by atoms with Crippen molar-refractivity contribution in [3.63, 3.8) is 0 Å². The third-order valence-corrected chi connectivity index (χ3v) is 1.27. The van der Waals surface area contributed by atoms with Crippen LogP contribution in [0.3, 0.4) is 0 Å². The van der Waals surface area contributed by atoms with Crippen LogP contribution < -0.4 is 5.32 Å². The second kappa shape index (κ2) is 11.4. The van der Waals surface area contributed by atoms with E-state index in [-0.39, 0.29) is 12.6 Å². The third kappa shape index (κ3) is 24.6. The highest BCUT2D eigenvalue weighted by molar-refractivity contribution is 5.66. The maximum atomic E-state index is 9.37. The summed E-state index contributed by atoms with van der Waals surface area (Å²) in [5, 5.41) is 19.3. The minimum Gasteiger partial charge on any atom is -0.481 e. The molecule has 0 aliphatic heterocycles. The Balaban J connectivity index is 0. The SMILES string of the molecule is CCC(=O)O.CCCCNC(C)O. The van der Waals surface area contributed by atoms with Gasteiger partial charge in [0.1, 0.15) is 6.23 Å². The van der Waals surface area contributed by atoms with Crippen molar-refractivity contribution in [2.45, 2.75) is 46.3 Å². The van der Waals surface area contributed by atoms with Crippen LogP contribution in [0.4, 0.5) is 0 Å². The molecule has 1 unspecified atom stereocenters. The highest BCUT2D eigenvalue weighted by Crippen LogP contribution is 1.82. The molecule has 13 heavy (non-hydrogen) atoms. The van der Waals surface area contributed by atoms with Crippen LogP contribution >= 0.6 is 0 Å². The molecule has 0 rings (SSSR count). The summed E-state index contributed by atoms with van der Waals surface area (Å²) < 4.78 is 0. The van der Waals surface area contributed by atoms with E-state index in [2.05, 4.69) is 12.2 Å². The van der Waals surface area contributed by atoms with Gasteiger partial charge in [0.05, 0.1) is 0 Å². The van der Waals surface area contributed by atoms with Crippen molar-refractivity contribution in [3.8, 4) is 0 Å². The first-order valence-electron chi connectivity index (χ1n) is 4.67. The Labute approximate surface area is 80.0 Å². The number of carbonyl (C=O) groups is 1. The maximum Gasteiger partial charge on any atom is 0.303 e. The van der Waals surface area contributed by atoms with Gasteiger partial charge in [-0.05, 0) is 19.9 Å². The van der Waals surface area contributed by atoms with Gasteiger partial charge >= 0.3 is 5.97 Å². The molecule has 4 nitrogen and oxygen atoms in total. The van der Waals surface area contributed by atoms with Gasteiger partial charge < -0.3 is 10.2 Å². The lowest BCUT2D eigenvalue weighted by Gasteiger charge is -2.04. The Morgan fingerprint density at radius 3 is 2.15 bits per heavy atom. The molecule has 0 aliphatic rings. The van der Waals surface area contributed by atoms with E-state index in [1.165, 1.54) is 6.42 Å². The summed E-state index contributed by atoms with van der Waals surface area (Å²) >= 11 is 0. The minimum absolute atomic E-state index is 0.222. The van der Waals surface area contributed by atoms with Crippen molar-refractivity contribution in [3.05, 3.63) is 0 Å². The van der Waals surface area contributed by atoms with Crippen LogP contribution in [0.5, 0.6) is 0 Å². The molecule has 0 fully saturated rings. The van der Waals surface area contributed by atoms with Crippen LogP contribution in [-0.2, 0) is 4.79 Å². The fourth-order valence-corrected chi connectivity index (χ4v) is 0.488. The van der Waals surface area contributed by atoms with Gasteiger partial charge in [0, 0.05) is 6.42 Å². The van der Waals surface area contributed by atoms with E-state index in [9.17, 15) is 4.79 Å². The van der Waals surface area contributed by atoms with Crippen LogP contribution in [0.25, 0.3) is 0 Å². The largest absolute Gasteiger partial charge is 0.481 e. The lowest BCUT2D eigenvalue weighted by molar-refractivity contribution is -0.136. The van der Waals surface area contributed by atoms with Gasteiger partial charge in [-0.3, -0.25) is 10.1 Å². The average Bonchev–Trinajstić information content (AvgIpc) is 2.05. The van der Waals surface area contributed by atoms with E-state index in [1.54, 1.807) is 13.8 Å². The van der Waals surface area contributed by atoms with E-state index in [0.29, 0.717) is 0 Å².